The zero-order valence-electron chi connectivity index (χ0n) is 10.1. The van der Waals surface area contributed by atoms with Crippen molar-refractivity contribution in [3.05, 3.63) is 28.2 Å². The van der Waals surface area contributed by atoms with E-state index in [1.165, 1.54) is 11.3 Å². The van der Waals surface area contributed by atoms with Crippen LogP contribution in [0.5, 0.6) is 0 Å². The highest BCUT2D eigenvalue weighted by molar-refractivity contribution is 9.10. The highest BCUT2D eigenvalue weighted by Crippen LogP contribution is 2.29. The standard InChI is InChI=1S/C13H19BrN2O/c1-10-2-3-13(12(14)8-10)16-6-5-15-9-11(16)4-7-17/h2-3,8,11,15,17H,4-7,9H2,1H3. The molecule has 0 radical (unpaired) electrons. The number of nitrogens with zero attached hydrogens (tertiary/aromatic N) is 1. The molecule has 0 spiro atoms. The maximum Gasteiger partial charge on any atom is 0.0514 e. The van der Waals surface area contributed by atoms with Gasteiger partial charge in [0.1, 0.15) is 0 Å². The van der Waals surface area contributed by atoms with Crippen molar-refractivity contribution < 1.29 is 5.11 Å². The molecular weight excluding hydrogens is 280 g/mol. The highest BCUT2D eigenvalue weighted by Gasteiger charge is 2.23. The van der Waals surface area contributed by atoms with Crippen LogP contribution >= 0.6 is 15.9 Å². The van der Waals surface area contributed by atoms with Crippen LogP contribution in [0.25, 0.3) is 0 Å². The monoisotopic (exact) mass is 298 g/mol. The van der Waals surface area contributed by atoms with Crippen LogP contribution in [0, 0.1) is 6.92 Å². The van der Waals surface area contributed by atoms with Crippen LogP contribution in [0.15, 0.2) is 22.7 Å². The van der Waals surface area contributed by atoms with Crippen LogP contribution in [0.2, 0.25) is 0 Å². The van der Waals surface area contributed by atoms with Gasteiger partial charge in [0.2, 0.25) is 0 Å². The molecule has 0 saturated carbocycles. The van der Waals surface area contributed by atoms with Crippen molar-refractivity contribution in [3.8, 4) is 0 Å². The zero-order chi connectivity index (χ0) is 12.3. The summed E-state index contributed by atoms with van der Waals surface area (Å²) in [6.07, 6.45) is 0.813. The lowest BCUT2D eigenvalue weighted by molar-refractivity contribution is 0.266. The van der Waals surface area contributed by atoms with Crippen molar-refractivity contribution in [1.29, 1.82) is 0 Å². The molecule has 1 aromatic rings. The molecule has 1 saturated heterocycles. The smallest absolute Gasteiger partial charge is 0.0514 e. The number of halogens is 1. The summed E-state index contributed by atoms with van der Waals surface area (Å²) in [5.74, 6) is 0. The van der Waals surface area contributed by atoms with Crippen molar-refractivity contribution in [2.45, 2.75) is 19.4 Å². The molecule has 0 aromatic heterocycles. The normalized spacial score (nSPS) is 20.6. The Hall–Kier alpha value is -0.580. The first-order valence-corrected chi connectivity index (χ1v) is 6.86. The number of aryl methyl sites for hydroxylation is 1. The average Bonchev–Trinajstić information content (AvgIpc) is 2.31. The predicted molar refractivity (Wildman–Crippen MR) is 74.6 cm³/mol. The van der Waals surface area contributed by atoms with E-state index in [0.717, 1.165) is 30.5 Å². The maximum atomic E-state index is 9.13. The Kier molecular flexibility index (Phi) is 4.42. The van der Waals surface area contributed by atoms with E-state index >= 15 is 0 Å². The van der Waals surface area contributed by atoms with Gasteiger partial charge < -0.3 is 15.3 Å². The lowest BCUT2D eigenvalue weighted by atomic mass is 10.1. The van der Waals surface area contributed by atoms with Gasteiger partial charge in [-0.2, -0.15) is 0 Å². The van der Waals surface area contributed by atoms with Gasteiger partial charge in [-0.3, -0.25) is 0 Å². The molecular formula is C13H19BrN2O. The van der Waals surface area contributed by atoms with Gasteiger partial charge in [-0.1, -0.05) is 6.07 Å². The van der Waals surface area contributed by atoms with Crippen molar-refractivity contribution in [3.63, 3.8) is 0 Å². The largest absolute Gasteiger partial charge is 0.396 e. The van der Waals surface area contributed by atoms with Crippen molar-refractivity contribution in [2.75, 3.05) is 31.1 Å². The van der Waals surface area contributed by atoms with E-state index in [1.807, 2.05) is 0 Å². The van der Waals surface area contributed by atoms with E-state index in [-0.39, 0.29) is 6.61 Å². The first-order chi connectivity index (χ1) is 8.22. The molecule has 0 bridgehead atoms. The molecule has 0 aliphatic carbocycles. The minimum absolute atomic E-state index is 0.242. The van der Waals surface area contributed by atoms with E-state index in [1.54, 1.807) is 0 Å². The van der Waals surface area contributed by atoms with Gasteiger partial charge in [-0.05, 0) is 47.0 Å². The lowest BCUT2D eigenvalue weighted by Crippen LogP contribution is -2.51. The second-order valence-corrected chi connectivity index (χ2v) is 5.37. The van der Waals surface area contributed by atoms with Gasteiger partial charge >= 0.3 is 0 Å². The predicted octanol–water partition coefficient (Wildman–Crippen LogP) is 1.92. The van der Waals surface area contributed by atoms with Gasteiger partial charge in [-0.25, -0.2) is 0 Å². The average molecular weight is 299 g/mol. The van der Waals surface area contributed by atoms with E-state index in [4.69, 9.17) is 5.11 Å². The number of rotatable bonds is 3. The third kappa shape index (κ3) is 3.00. The van der Waals surface area contributed by atoms with Crippen LogP contribution in [0.3, 0.4) is 0 Å². The Bertz CT molecular complexity index is 382. The van der Waals surface area contributed by atoms with E-state index in [2.05, 4.69) is 51.3 Å². The summed E-state index contributed by atoms with van der Waals surface area (Å²) in [7, 11) is 0. The Balaban J connectivity index is 2.23. The number of aliphatic hydroxyl groups is 1. The molecule has 94 valence electrons. The Morgan fingerprint density at radius 2 is 2.35 bits per heavy atom. The van der Waals surface area contributed by atoms with Crippen LogP contribution in [0.1, 0.15) is 12.0 Å². The quantitative estimate of drug-likeness (QED) is 0.895. The summed E-state index contributed by atoms with van der Waals surface area (Å²) >= 11 is 3.64. The Morgan fingerprint density at radius 1 is 1.53 bits per heavy atom. The zero-order valence-corrected chi connectivity index (χ0v) is 11.7. The first-order valence-electron chi connectivity index (χ1n) is 6.06. The first kappa shape index (κ1) is 12.9. The van der Waals surface area contributed by atoms with Crippen molar-refractivity contribution >= 4 is 21.6 Å². The van der Waals surface area contributed by atoms with E-state index in [9.17, 15) is 0 Å². The van der Waals surface area contributed by atoms with Crippen LogP contribution < -0.4 is 10.2 Å². The van der Waals surface area contributed by atoms with Gasteiger partial charge in [0, 0.05) is 36.8 Å². The molecule has 1 aliphatic rings. The third-order valence-electron chi connectivity index (χ3n) is 3.23. The molecule has 1 aromatic carbocycles. The second-order valence-electron chi connectivity index (χ2n) is 4.52. The number of hydrogen-bond donors (Lipinski definition) is 2. The second kappa shape index (κ2) is 5.85. The summed E-state index contributed by atoms with van der Waals surface area (Å²) in [5, 5.41) is 12.5. The maximum absolute atomic E-state index is 9.13. The molecule has 0 amide bonds. The fraction of sp³-hybridized carbons (Fsp3) is 0.538. The van der Waals surface area contributed by atoms with Gasteiger partial charge in [0.15, 0.2) is 0 Å². The topological polar surface area (TPSA) is 35.5 Å². The minimum Gasteiger partial charge on any atom is -0.396 e. The SMILES string of the molecule is Cc1ccc(N2CCNCC2CCO)c(Br)c1. The minimum atomic E-state index is 0.242. The van der Waals surface area contributed by atoms with Gasteiger partial charge in [0.05, 0.1) is 5.69 Å². The fourth-order valence-corrected chi connectivity index (χ4v) is 3.05. The van der Waals surface area contributed by atoms with Crippen molar-refractivity contribution in [1.82, 2.24) is 5.32 Å². The fourth-order valence-electron chi connectivity index (χ4n) is 2.33. The van der Waals surface area contributed by atoms with Gasteiger partial charge in [-0.15, -0.1) is 0 Å². The molecule has 17 heavy (non-hydrogen) atoms. The van der Waals surface area contributed by atoms with E-state index in [0.29, 0.717) is 6.04 Å². The molecule has 3 nitrogen and oxygen atoms in total. The molecule has 1 unspecified atom stereocenters. The summed E-state index contributed by atoms with van der Waals surface area (Å²) in [6.45, 7) is 5.28. The Labute approximate surface area is 111 Å². The Morgan fingerprint density at radius 3 is 3.06 bits per heavy atom. The number of hydrogen-bond acceptors (Lipinski definition) is 3. The molecule has 1 atom stereocenters. The van der Waals surface area contributed by atoms with Crippen LogP contribution in [-0.2, 0) is 0 Å². The highest BCUT2D eigenvalue weighted by atomic mass is 79.9. The number of anilines is 1. The summed E-state index contributed by atoms with van der Waals surface area (Å²) in [5.41, 5.74) is 2.49. The van der Waals surface area contributed by atoms with Crippen molar-refractivity contribution in [2.24, 2.45) is 0 Å². The van der Waals surface area contributed by atoms with Crippen LogP contribution in [-0.4, -0.2) is 37.4 Å². The summed E-state index contributed by atoms with van der Waals surface area (Å²) in [4.78, 5) is 2.39. The summed E-state index contributed by atoms with van der Waals surface area (Å²) < 4.78 is 1.14. The molecule has 1 aliphatic heterocycles. The number of piperazine rings is 1. The number of nitrogens with one attached hydrogen (secondary N) is 1. The molecule has 2 rings (SSSR count). The van der Waals surface area contributed by atoms with E-state index < -0.39 is 0 Å². The number of benzene rings is 1. The molecule has 1 fully saturated rings. The molecule has 2 N–H and O–H groups in total. The van der Waals surface area contributed by atoms with Crippen LogP contribution in [0.4, 0.5) is 5.69 Å². The van der Waals surface area contributed by atoms with Gasteiger partial charge in [0.25, 0.3) is 0 Å². The summed E-state index contributed by atoms with van der Waals surface area (Å²) in [6, 6.07) is 6.83. The number of aliphatic hydroxyl groups excluding tert-OH is 1. The third-order valence-corrected chi connectivity index (χ3v) is 3.86. The lowest BCUT2D eigenvalue weighted by Gasteiger charge is -2.38. The molecule has 1 heterocycles. The molecule has 4 heteroatoms.